The molecule has 0 aliphatic carbocycles. The fraction of sp³-hybridized carbons (Fsp3) is 0.182. The Morgan fingerprint density at radius 3 is 2.83 bits per heavy atom. The number of fused-ring (bicyclic) bond motifs is 1. The van der Waals surface area contributed by atoms with Crippen LogP contribution in [0.3, 0.4) is 0 Å². The molecular formula is C11H9N3O4. The van der Waals surface area contributed by atoms with Gasteiger partial charge in [-0.25, -0.2) is 4.98 Å². The summed E-state index contributed by atoms with van der Waals surface area (Å²) >= 11 is 0. The van der Waals surface area contributed by atoms with Crippen LogP contribution >= 0.6 is 0 Å². The monoisotopic (exact) mass is 247 g/mol. The first-order chi connectivity index (χ1) is 8.49. The number of carbonyl (C=O) groups excluding carboxylic acids is 1. The number of hydrogen-bond acceptors (Lipinski definition) is 5. The SMILES string of the molecule is CC(=O)Cc1cc2nc[nH]c(=O)c2cc1[N+](=O)[O-]. The van der Waals surface area contributed by atoms with Crippen LogP contribution in [0.1, 0.15) is 12.5 Å². The van der Waals surface area contributed by atoms with E-state index < -0.39 is 10.5 Å². The maximum Gasteiger partial charge on any atom is 0.273 e. The van der Waals surface area contributed by atoms with Crippen molar-refractivity contribution in [2.24, 2.45) is 0 Å². The van der Waals surface area contributed by atoms with Gasteiger partial charge in [-0.1, -0.05) is 0 Å². The second-order valence-electron chi connectivity index (χ2n) is 3.87. The molecule has 1 heterocycles. The first-order valence-corrected chi connectivity index (χ1v) is 5.13. The predicted molar refractivity (Wildman–Crippen MR) is 63.4 cm³/mol. The zero-order valence-corrected chi connectivity index (χ0v) is 9.47. The first kappa shape index (κ1) is 11.9. The van der Waals surface area contributed by atoms with E-state index in [1.165, 1.54) is 19.3 Å². The number of benzene rings is 1. The zero-order valence-electron chi connectivity index (χ0n) is 9.47. The van der Waals surface area contributed by atoms with Crippen LogP contribution in [0, 0.1) is 10.1 Å². The van der Waals surface area contributed by atoms with Crippen molar-refractivity contribution in [1.82, 2.24) is 9.97 Å². The molecule has 1 aromatic carbocycles. The van der Waals surface area contributed by atoms with Crippen molar-refractivity contribution in [3.63, 3.8) is 0 Å². The molecule has 0 saturated heterocycles. The highest BCUT2D eigenvalue weighted by molar-refractivity contribution is 5.85. The molecule has 0 fully saturated rings. The Morgan fingerprint density at radius 1 is 1.50 bits per heavy atom. The van der Waals surface area contributed by atoms with E-state index in [0.717, 1.165) is 6.07 Å². The topological polar surface area (TPSA) is 106 Å². The van der Waals surface area contributed by atoms with Crippen LogP contribution in [0.4, 0.5) is 5.69 Å². The Balaban J connectivity index is 2.76. The maximum atomic E-state index is 11.5. The molecule has 0 spiro atoms. The number of carbonyl (C=O) groups is 1. The summed E-state index contributed by atoms with van der Waals surface area (Å²) in [5, 5.41) is 11.1. The van der Waals surface area contributed by atoms with Gasteiger partial charge in [0, 0.05) is 18.1 Å². The number of nitro groups is 1. The van der Waals surface area contributed by atoms with Crippen molar-refractivity contribution in [2.45, 2.75) is 13.3 Å². The summed E-state index contributed by atoms with van der Waals surface area (Å²) in [6.07, 6.45) is 1.16. The highest BCUT2D eigenvalue weighted by Gasteiger charge is 2.17. The zero-order chi connectivity index (χ0) is 13.3. The second-order valence-corrected chi connectivity index (χ2v) is 3.87. The van der Waals surface area contributed by atoms with Gasteiger partial charge in [0.25, 0.3) is 11.2 Å². The summed E-state index contributed by atoms with van der Waals surface area (Å²) in [5.41, 5.74) is -0.0904. The molecule has 0 radical (unpaired) electrons. The number of nitrogens with zero attached hydrogens (tertiary/aromatic N) is 2. The summed E-state index contributed by atoms with van der Waals surface area (Å²) in [7, 11) is 0. The van der Waals surface area contributed by atoms with Crippen molar-refractivity contribution in [1.29, 1.82) is 0 Å². The van der Waals surface area contributed by atoms with Gasteiger partial charge >= 0.3 is 0 Å². The van der Waals surface area contributed by atoms with Crippen molar-refractivity contribution < 1.29 is 9.72 Å². The average molecular weight is 247 g/mol. The molecule has 7 nitrogen and oxygen atoms in total. The van der Waals surface area contributed by atoms with E-state index in [2.05, 4.69) is 9.97 Å². The smallest absolute Gasteiger partial charge is 0.273 e. The van der Waals surface area contributed by atoms with Gasteiger partial charge in [-0.3, -0.25) is 19.7 Å². The van der Waals surface area contributed by atoms with Crippen molar-refractivity contribution >= 4 is 22.4 Å². The Morgan fingerprint density at radius 2 is 2.22 bits per heavy atom. The summed E-state index contributed by atoms with van der Waals surface area (Å²) < 4.78 is 0. The van der Waals surface area contributed by atoms with E-state index in [4.69, 9.17) is 0 Å². The minimum Gasteiger partial charge on any atom is -0.313 e. The molecule has 18 heavy (non-hydrogen) atoms. The van der Waals surface area contributed by atoms with Crippen LogP contribution < -0.4 is 5.56 Å². The summed E-state index contributed by atoms with van der Waals surface area (Å²) in [6, 6.07) is 2.56. The van der Waals surface area contributed by atoms with E-state index in [0.29, 0.717) is 5.52 Å². The lowest BCUT2D eigenvalue weighted by molar-refractivity contribution is -0.385. The lowest BCUT2D eigenvalue weighted by atomic mass is 10.0. The quantitative estimate of drug-likeness (QED) is 0.642. The number of nitro benzene ring substituents is 1. The van der Waals surface area contributed by atoms with Crippen molar-refractivity contribution in [3.05, 3.63) is 44.5 Å². The normalized spacial score (nSPS) is 10.5. The molecule has 2 rings (SSSR count). The molecule has 0 unspecified atom stereocenters. The number of H-pyrrole nitrogens is 1. The molecule has 1 aromatic heterocycles. The largest absolute Gasteiger partial charge is 0.313 e. The van der Waals surface area contributed by atoms with Crippen LogP contribution in [0.2, 0.25) is 0 Å². The molecule has 0 aliphatic rings. The third kappa shape index (κ3) is 2.10. The molecule has 0 atom stereocenters. The third-order valence-corrected chi connectivity index (χ3v) is 2.48. The number of rotatable bonds is 3. The Bertz CT molecular complexity index is 705. The summed E-state index contributed by atoms with van der Waals surface area (Å²) in [6.45, 7) is 1.35. The molecule has 92 valence electrons. The van der Waals surface area contributed by atoms with Crippen LogP contribution in [-0.2, 0) is 11.2 Å². The van der Waals surface area contributed by atoms with Gasteiger partial charge in [-0.2, -0.15) is 0 Å². The molecule has 0 amide bonds. The number of hydrogen-bond donors (Lipinski definition) is 1. The Hall–Kier alpha value is -2.57. The molecular weight excluding hydrogens is 238 g/mol. The lowest BCUT2D eigenvalue weighted by Crippen LogP contribution is -2.09. The van der Waals surface area contributed by atoms with Crippen LogP contribution in [0.25, 0.3) is 10.9 Å². The standard InChI is InChI=1S/C11H9N3O4/c1-6(15)2-7-3-9-8(4-10(7)14(17)18)11(16)13-5-12-9/h3-5H,2H2,1H3,(H,12,13,16). The van der Waals surface area contributed by atoms with Crippen molar-refractivity contribution in [2.75, 3.05) is 0 Å². The Kier molecular flexibility index (Phi) is 2.88. The van der Waals surface area contributed by atoms with Gasteiger partial charge in [-0.15, -0.1) is 0 Å². The first-order valence-electron chi connectivity index (χ1n) is 5.13. The molecule has 2 aromatic rings. The highest BCUT2D eigenvalue weighted by Crippen LogP contribution is 2.23. The lowest BCUT2D eigenvalue weighted by Gasteiger charge is -2.02. The summed E-state index contributed by atoms with van der Waals surface area (Å²) in [4.78, 5) is 39.2. The molecule has 1 N–H and O–H groups in total. The predicted octanol–water partition coefficient (Wildman–Crippen LogP) is 0.963. The van der Waals surface area contributed by atoms with Gasteiger partial charge in [0.15, 0.2) is 0 Å². The maximum absolute atomic E-state index is 11.5. The molecule has 0 aliphatic heterocycles. The highest BCUT2D eigenvalue weighted by atomic mass is 16.6. The number of ketones is 1. The minimum absolute atomic E-state index is 0.0548. The Labute approximate surface area is 101 Å². The number of nitrogens with one attached hydrogen (secondary N) is 1. The van der Waals surface area contributed by atoms with E-state index in [1.807, 2.05) is 0 Å². The van der Waals surface area contributed by atoms with Gasteiger partial charge in [0.05, 0.1) is 22.2 Å². The fourth-order valence-corrected chi connectivity index (χ4v) is 1.73. The van der Waals surface area contributed by atoms with E-state index in [9.17, 15) is 19.7 Å². The van der Waals surface area contributed by atoms with Crippen LogP contribution in [0.5, 0.6) is 0 Å². The average Bonchev–Trinajstić information content (AvgIpc) is 2.27. The number of aromatic amines is 1. The van der Waals surface area contributed by atoms with Crippen molar-refractivity contribution in [3.8, 4) is 0 Å². The number of Topliss-reactive ketones (excluding diaryl/α,β-unsaturated/α-hetero) is 1. The molecule has 0 saturated carbocycles. The fourth-order valence-electron chi connectivity index (χ4n) is 1.73. The van der Waals surface area contributed by atoms with Gasteiger partial charge < -0.3 is 4.98 Å². The third-order valence-electron chi connectivity index (χ3n) is 2.48. The van der Waals surface area contributed by atoms with E-state index >= 15 is 0 Å². The number of aromatic nitrogens is 2. The van der Waals surface area contributed by atoms with Gasteiger partial charge in [-0.05, 0) is 13.0 Å². The second kappa shape index (κ2) is 4.36. The molecule has 7 heteroatoms. The van der Waals surface area contributed by atoms with Gasteiger partial charge in [0.2, 0.25) is 0 Å². The minimum atomic E-state index is -0.607. The van der Waals surface area contributed by atoms with E-state index in [-0.39, 0.29) is 28.8 Å². The van der Waals surface area contributed by atoms with Crippen LogP contribution in [0.15, 0.2) is 23.3 Å². The molecule has 0 bridgehead atoms. The van der Waals surface area contributed by atoms with E-state index in [1.54, 1.807) is 0 Å². The summed E-state index contributed by atoms with van der Waals surface area (Å²) in [5.74, 6) is -0.192. The van der Waals surface area contributed by atoms with Crippen LogP contribution in [-0.4, -0.2) is 20.7 Å². The van der Waals surface area contributed by atoms with Gasteiger partial charge in [0.1, 0.15) is 5.78 Å².